The Bertz CT molecular complexity index is 710. The highest BCUT2D eigenvalue weighted by Crippen LogP contribution is 2.11. The molecule has 120 valence electrons. The molecule has 0 aliphatic heterocycles. The fourth-order valence-corrected chi connectivity index (χ4v) is 2.28. The van der Waals surface area contributed by atoms with Crippen molar-refractivity contribution in [1.29, 1.82) is 0 Å². The molecule has 0 fully saturated rings. The molecule has 0 bridgehead atoms. The number of hydrazone groups is 1. The maximum Gasteiger partial charge on any atom is 0.246 e. The first-order valence-corrected chi connectivity index (χ1v) is 7.56. The van der Waals surface area contributed by atoms with E-state index in [1.807, 2.05) is 12.3 Å². The van der Waals surface area contributed by atoms with Gasteiger partial charge in [0.1, 0.15) is 12.4 Å². The van der Waals surface area contributed by atoms with Crippen molar-refractivity contribution in [2.24, 2.45) is 5.10 Å². The molecule has 0 saturated heterocycles. The largest absolute Gasteiger partial charge is 0.546 e. The number of rotatable bonds is 7. The predicted molar refractivity (Wildman–Crippen MR) is 83.2 cm³/mol. The number of hydrogen-bond acceptors (Lipinski definition) is 7. The number of nitrogens with zero attached hydrogens (tertiary/aromatic N) is 2. The lowest BCUT2D eigenvalue weighted by Crippen LogP contribution is -2.28. The van der Waals surface area contributed by atoms with Gasteiger partial charge < -0.3 is 14.6 Å². The number of aryl methyl sites for hydroxylation is 1. The zero-order chi connectivity index (χ0) is 16.7. The van der Waals surface area contributed by atoms with Crippen LogP contribution in [0.1, 0.15) is 16.3 Å². The van der Waals surface area contributed by atoms with Crippen molar-refractivity contribution in [2.45, 2.75) is 13.3 Å². The lowest BCUT2D eigenvalue weighted by molar-refractivity contribution is -0.307. The summed E-state index contributed by atoms with van der Waals surface area (Å²) in [5.74, 6) is -1.12. The van der Waals surface area contributed by atoms with Crippen LogP contribution in [0, 0.1) is 6.92 Å². The third-order valence-electron chi connectivity index (χ3n) is 2.65. The van der Waals surface area contributed by atoms with Crippen molar-refractivity contribution in [3.8, 4) is 5.75 Å². The number of carbonyl (C=O) groups excluding carboxylic acids is 2. The Morgan fingerprint density at radius 2 is 2.13 bits per heavy atom. The minimum atomic E-state index is -1.28. The summed E-state index contributed by atoms with van der Waals surface area (Å²) in [6.07, 6.45) is 1.66. The summed E-state index contributed by atoms with van der Waals surface area (Å²) in [5.41, 5.74) is 3.87. The lowest BCUT2D eigenvalue weighted by atomic mass is 10.2. The Kier molecular flexibility index (Phi) is 5.81. The van der Waals surface area contributed by atoms with Crippen molar-refractivity contribution in [2.75, 3.05) is 6.61 Å². The maximum absolute atomic E-state index is 11.7. The second kappa shape index (κ2) is 8.04. The van der Waals surface area contributed by atoms with Crippen LogP contribution in [0.25, 0.3) is 0 Å². The number of carbonyl (C=O) groups is 2. The van der Waals surface area contributed by atoms with Crippen LogP contribution in [0.2, 0.25) is 0 Å². The first-order chi connectivity index (χ1) is 11.0. The predicted octanol–water partition coefficient (Wildman–Crippen LogP) is 0.273. The minimum Gasteiger partial charge on any atom is -0.546 e. The second-order valence-electron chi connectivity index (χ2n) is 4.56. The first-order valence-electron chi connectivity index (χ1n) is 6.68. The molecule has 0 spiro atoms. The number of amides is 1. The van der Waals surface area contributed by atoms with Crippen molar-refractivity contribution >= 4 is 29.4 Å². The van der Waals surface area contributed by atoms with Gasteiger partial charge in [-0.25, -0.2) is 10.4 Å². The Labute approximate surface area is 136 Å². The number of aliphatic carboxylic acids is 1. The lowest BCUT2D eigenvalue weighted by Gasteiger charge is -2.06. The van der Waals surface area contributed by atoms with Crippen molar-refractivity contribution < 1.29 is 19.4 Å². The normalized spacial score (nSPS) is 10.7. The van der Waals surface area contributed by atoms with Crippen LogP contribution < -0.4 is 15.3 Å². The van der Waals surface area contributed by atoms with Gasteiger partial charge in [0.25, 0.3) is 0 Å². The SMILES string of the molecule is Cc1nc(CC(=O)N/N=C\c2ccc(OCC(=O)[O-])cc2)cs1. The van der Waals surface area contributed by atoms with E-state index < -0.39 is 12.6 Å². The molecule has 1 N–H and O–H groups in total. The molecule has 23 heavy (non-hydrogen) atoms. The standard InChI is InChI=1S/C15H15N3O4S/c1-10-17-12(9-23-10)6-14(19)18-16-7-11-2-4-13(5-3-11)22-8-15(20)21/h2-5,7,9H,6,8H2,1H3,(H,18,19)(H,20,21)/p-1/b16-7-. The van der Waals surface area contributed by atoms with Gasteiger partial charge in [0, 0.05) is 5.38 Å². The fraction of sp³-hybridized carbons (Fsp3) is 0.200. The number of carboxylic acids is 1. The Morgan fingerprint density at radius 1 is 1.39 bits per heavy atom. The van der Waals surface area contributed by atoms with Gasteiger partial charge in [0.05, 0.1) is 29.3 Å². The van der Waals surface area contributed by atoms with Crippen LogP contribution >= 0.6 is 11.3 Å². The van der Waals surface area contributed by atoms with Gasteiger partial charge in [-0.1, -0.05) is 0 Å². The van der Waals surface area contributed by atoms with Gasteiger partial charge >= 0.3 is 0 Å². The summed E-state index contributed by atoms with van der Waals surface area (Å²) in [5, 5.41) is 16.9. The van der Waals surface area contributed by atoms with E-state index in [-0.39, 0.29) is 12.3 Å². The van der Waals surface area contributed by atoms with Crippen molar-refractivity contribution in [1.82, 2.24) is 10.4 Å². The molecule has 0 atom stereocenters. The molecular weight excluding hydrogens is 318 g/mol. The second-order valence-corrected chi connectivity index (χ2v) is 5.62. The zero-order valence-electron chi connectivity index (χ0n) is 12.3. The van der Waals surface area contributed by atoms with Gasteiger partial charge in [-0.15, -0.1) is 11.3 Å². The highest BCUT2D eigenvalue weighted by atomic mass is 32.1. The number of carboxylic acid groups (broad SMARTS) is 1. The van der Waals surface area contributed by atoms with Gasteiger partial charge in [0.2, 0.25) is 5.91 Å². The number of benzene rings is 1. The topological polar surface area (TPSA) is 104 Å². The summed E-state index contributed by atoms with van der Waals surface area (Å²) in [6, 6.07) is 6.57. The van der Waals surface area contributed by atoms with Crippen LogP contribution in [0.5, 0.6) is 5.75 Å². The summed E-state index contributed by atoms with van der Waals surface area (Å²) in [4.78, 5) is 26.2. The highest BCUT2D eigenvalue weighted by Gasteiger charge is 2.04. The summed E-state index contributed by atoms with van der Waals surface area (Å²) < 4.78 is 4.95. The van der Waals surface area contributed by atoms with Crippen molar-refractivity contribution in [3.05, 3.63) is 45.9 Å². The Balaban J connectivity index is 1.80. The minimum absolute atomic E-state index is 0.178. The zero-order valence-corrected chi connectivity index (χ0v) is 13.1. The Hall–Kier alpha value is -2.74. The van der Waals surface area contributed by atoms with E-state index in [2.05, 4.69) is 15.5 Å². The molecular formula is C15H14N3O4S-. The van der Waals surface area contributed by atoms with E-state index in [0.717, 1.165) is 16.3 Å². The van der Waals surface area contributed by atoms with Gasteiger partial charge in [0.15, 0.2) is 0 Å². The molecule has 0 radical (unpaired) electrons. The molecule has 0 unspecified atom stereocenters. The maximum atomic E-state index is 11.7. The van der Waals surface area contributed by atoms with Crippen LogP contribution in [0.3, 0.4) is 0 Å². The molecule has 2 aromatic rings. The molecule has 2 rings (SSSR count). The molecule has 0 saturated carbocycles. The number of thiazole rings is 1. The average Bonchev–Trinajstić information content (AvgIpc) is 2.91. The molecule has 0 aliphatic rings. The molecule has 8 heteroatoms. The number of aromatic nitrogens is 1. The van der Waals surface area contributed by atoms with Gasteiger partial charge in [-0.05, 0) is 36.8 Å². The van der Waals surface area contributed by atoms with E-state index in [0.29, 0.717) is 5.75 Å². The van der Waals surface area contributed by atoms with Crippen LogP contribution in [-0.2, 0) is 16.0 Å². The van der Waals surface area contributed by atoms with E-state index in [9.17, 15) is 14.7 Å². The van der Waals surface area contributed by atoms with Crippen molar-refractivity contribution in [3.63, 3.8) is 0 Å². The number of hydrogen-bond donors (Lipinski definition) is 1. The van der Waals surface area contributed by atoms with E-state index in [4.69, 9.17) is 4.74 Å². The molecule has 1 aromatic heterocycles. The first kappa shape index (κ1) is 16.6. The summed E-state index contributed by atoms with van der Waals surface area (Å²) >= 11 is 1.49. The highest BCUT2D eigenvalue weighted by molar-refractivity contribution is 7.09. The third-order valence-corrected chi connectivity index (χ3v) is 3.47. The molecule has 1 amide bonds. The smallest absolute Gasteiger partial charge is 0.246 e. The van der Waals surface area contributed by atoms with Crippen LogP contribution in [0.15, 0.2) is 34.7 Å². The summed E-state index contributed by atoms with van der Waals surface area (Å²) in [7, 11) is 0. The average molecular weight is 332 g/mol. The molecule has 7 nitrogen and oxygen atoms in total. The van der Waals surface area contributed by atoms with E-state index >= 15 is 0 Å². The van der Waals surface area contributed by atoms with Gasteiger partial charge in [-0.3, -0.25) is 4.79 Å². The molecule has 1 aromatic carbocycles. The number of ether oxygens (including phenoxy) is 1. The molecule has 0 aliphatic carbocycles. The van der Waals surface area contributed by atoms with Crippen LogP contribution in [0.4, 0.5) is 0 Å². The fourth-order valence-electron chi connectivity index (χ4n) is 1.66. The quantitative estimate of drug-likeness (QED) is 0.579. The summed E-state index contributed by atoms with van der Waals surface area (Å²) in [6.45, 7) is 1.38. The number of nitrogens with one attached hydrogen (secondary N) is 1. The third kappa shape index (κ3) is 5.87. The Morgan fingerprint density at radius 3 is 2.74 bits per heavy atom. The van der Waals surface area contributed by atoms with E-state index in [1.54, 1.807) is 24.3 Å². The van der Waals surface area contributed by atoms with E-state index in [1.165, 1.54) is 17.6 Å². The van der Waals surface area contributed by atoms with Gasteiger partial charge in [-0.2, -0.15) is 5.10 Å². The van der Waals surface area contributed by atoms with Crippen LogP contribution in [-0.4, -0.2) is 29.7 Å². The molecule has 1 heterocycles. The monoisotopic (exact) mass is 332 g/mol.